The van der Waals surface area contributed by atoms with Crippen molar-refractivity contribution in [3.8, 4) is 17.2 Å². The van der Waals surface area contributed by atoms with Crippen LogP contribution in [0.15, 0.2) is 54.7 Å². The zero-order valence-corrected chi connectivity index (χ0v) is 15.6. The summed E-state index contributed by atoms with van der Waals surface area (Å²) in [5.74, 6) is -0.475. The van der Waals surface area contributed by atoms with Gasteiger partial charge in [-0.2, -0.15) is 13.9 Å². The van der Waals surface area contributed by atoms with Crippen LogP contribution in [-0.4, -0.2) is 34.3 Å². The summed E-state index contributed by atoms with van der Waals surface area (Å²) < 4.78 is 35.8. The van der Waals surface area contributed by atoms with Gasteiger partial charge in [0, 0.05) is 24.9 Å². The quantitative estimate of drug-likeness (QED) is 0.444. The van der Waals surface area contributed by atoms with Crippen molar-refractivity contribution in [3.63, 3.8) is 0 Å². The molecule has 0 saturated carbocycles. The molecule has 156 valence electrons. The van der Waals surface area contributed by atoms with Crippen LogP contribution in [0.4, 0.5) is 14.5 Å². The van der Waals surface area contributed by atoms with Crippen LogP contribution in [0.25, 0.3) is 5.69 Å². The Hall–Kier alpha value is -4.02. The summed E-state index contributed by atoms with van der Waals surface area (Å²) in [6.07, 6.45) is 1.54. The minimum absolute atomic E-state index is 0.0484. The third-order valence-corrected chi connectivity index (χ3v) is 4.04. The van der Waals surface area contributed by atoms with Gasteiger partial charge in [0.1, 0.15) is 0 Å². The third kappa shape index (κ3) is 4.87. The zero-order chi connectivity index (χ0) is 21.7. The van der Waals surface area contributed by atoms with E-state index < -0.39 is 17.4 Å². The number of amides is 1. The summed E-state index contributed by atoms with van der Waals surface area (Å²) in [5.41, 5.74) is 1.13. The van der Waals surface area contributed by atoms with Gasteiger partial charge in [-0.3, -0.25) is 14.9 Å². The van der Waals surface area contributed by atoms with Crippen molar-refractivity contribution in [2.24, 2.45) is 0 Å². The Labute approximate surface area is 169 Å². The Balaban J connectivity index is 1.66. The van der Waals surface area contributed by atoms with Gasteiger partial charge in [0.25, 0.3) is 11.6 Å². The maximum Gasteiger partial charge on any atom is 0.387 e. The lowest BCUT2D eigenvalue weighted by molar-refractivity contribution is -0.384. The number of carbonyl (C=O) groups excluding carboxylic acids is 1. The predicted molar refractivity (Wildman–Crippen MR) is 101 cm³/mol. The molecule has 0 spiro atoms. The topological polar surface area (TPSA) is 109 Å². The lowest BCUT2D eigenvalue weighted by atomic mass is 10.2. The van der Waals surface area contributed by atoms with E-state index in [1.807, 2.05) is 0 Å². The molecule has 1 heterocycles. The number of aromatic nitrogens is 2. The van der Waals surface area contributed by atoms with E-state index >= 15 is 0 Å². The number of hydrogen-bond donors (Lipinski definition) is 1. The predicted octanol–water partition coefficient (Wildman–Crippen LogP) is 3.32. The molecule has 0 unspecified atom stereocenters. The number of benzene rings is 2. The van der Waals surface area contributed by atoms with Crippen LogP contribution in [0.1, 0.15) is 16.1 Å². The van der Waals surface area contributed by atoms with Crippen LogP contribution in [-0.2, 0) is 6.54 Å². The van der Waals surface area contributed by atoms with E-state index in [9.17, 15) is 23.7 Å². The van der Waals surface area contributed by atoms with Crippen molar-refractivity contribution in [1.82, 2.24) is 15.1 Å². The molecule has 9 nitrogen and oxygen atoms in total. The van der Waals surface area contributed by atoms with Gasteiger partial charge in [-0.05, 0) is 35.9 Å². The van der Waals surface area contributed by atoms with Crippen molar-refractivity contribution >= 4 is 11.6 Å². The lowest BCUT2D eigenvalue weighted by Crippen LogP contribution is -2.23. The molecule has 3 aromatic rings. The zero-order valence-electron chi connectivity index (χ0n) is 15.6. The number of non-ortho nitro benzene ring substituents is 1. The fraction of sp³-hybridized carbons (Fsp3) is 0.158. The number of ether oxygens (including phenoxy) is 2. The summed E-state index contributed by atoms with van der Waals surface area (Å²) in [5, 5.41) is 17.5. The van der Waals surface area contributed by atoms with E-state index in [1.165, 1.54) is 60.5 Å². The standard InChI is InChI=1S/C19H16F2N4O5/c1-29-16-7-2-12(10-17(16)30-19(20)21)11-22-18(26)15-8-9-24(23-15)13-3-5-14(6-4-13)25(27)28/h2-10,19H,11H2,1H3,(H,22,26). The minimum atomic E-state index is -3.01. The van der Waals surface area contributed by atoms with E-state index in [-0.39, 0.29) is 29.4 Å². The van der Waals surface area contributed by atoms with Crippen molar-refractivity contribution < 1.29 is 28.0 Å². The van der Waals surface area contributed by atoms with Gasteiger partial charge in [-0.25, -0.2) is 4.68 Å². The maximum atomic E-state index is 12.5. The molecule has 0 saturated heterocycles. The fourth-order valence-electron chi connectivity index (χ4n) is 2.61. The Morgan fingerprint density at radius 1 is 1.20 bits per heavy atom. The molecule has 2 aromatic carbocycles. The van der Waals surface area contributed by atoms with Crippen molar-refractivity contribution in [2.45, 2.75) is 13.2 Å². The molecule has 3 rings (SSSR count). The molecule has 0 aliphatic rings. The highest BCUT2D eigenvalue weighted by Gasteiger charge is 2.14. The summed E-state index contributed by atoms with van der Waals surface area (Å²) in [6.45, 7) is -2.96. The molecule has 0 radical (unpaired) electrons. The largest absolute Gasteiger partial charge is 0.493 e. The van der Waals surface area contributed by atoms with Crippen molar-refractivity contribution in [2.75, 3.05) is 7.11 Å². The van der Waals surface area contributed by atoms with Crippen molar-refractivity contribution in [1.29, 1.82) is 0 Å². The summed E-state index contributed by atoms with van der Waals surface area (Å²) >= 11 is 0. The second-order valence-corrected chi connectivity index (χ2v) is 5.97. The number of nitrogens with one attached hydrogen (secondary N) is 1. The smallest absolute Gasteiger partial charge is 0.387 e. The first-order valence-corrected chi connectivity index (χ1v) is 8.58. The highest BCUT2D eigenvalue weighted by Crippen LogP contribution is 2.29. The highest BCUT2D eigenvalue weighted by atomic mass is 19.3. The van der Waals surface area contributed by atoms with Gasteiger partial charge in [0.05, 0.1) is 17.7 Å². The molecule has 11 heteroatoms. The average molecular weight is 418 g/mol. The van der Waals surface area contributed by atoms with E-state index in [0.717, 1.165) is 0 Å². The van der Waals surface area contributed by atoms with Gasteiger partial charge in [0.15, 0.2) is 17.2 Å². The molecule has 1 aromatic heterocycles. The van der Waals surface area contributed by atoms with Crippen LogP contribution in [0.3, 0.4) is 0 Å². The third-order valence-electron chi connectivity index (χ3n) is 4.04. The fourth-order valence-corrected chi connectivity index (χ4v) is 2.61. The number of carbonyl (C=O) groups is 1. The van der Waals surface area contributed by atoms with Crippen LogP contribution in [0, 0.1) is 10.1 Å². The lowest BCUT2D eigenvalue weighted by Gasteiger charge is -2.11. The number of halogens is 2. The number of nitro benzene ring substituents is 1. The highest BCUT2D eigenvalue weighted by molar-refractivity contribution is 5.92. The number of rotatable bonds is 8. The van der Waals surface area contributed by atoms with E-state index in [1.54, 1.807) is 6.07 Å². The maximum absolute atomic E-state index is 12.5. The van der Waals surface area contributed by atoms with E-state index in [2.05, 4.69) is 15.2 Å². The normalized spacial score (nSPS) is 10.7. The first-order chi connectivity index (χ1) is 14.4. The van der Waals surface area contributed by atoms with Crippen LogP contribution < -0.4 is 14.8 Å². The van der Waals surface area contributed by atoms with E-state index in [4.69, 9.17) is 4.74 Å². The summed E-state index contributed by atoms with van der Waals surface area (Å²) in [7, 11) is 1.33. The summed E-state index contributed by atoms with van der Waals surface area (Å²) in [6, 6.07) is 11.6. The molecule has 1 N–H and O–H groups in total. The SMILES string of the molecule is COc1ccc(CNC(=O)c2ccn(-c3ccc([N+](=O)[O-])cc3)n2)cc1OC(F)F. The van der Waals surface area contributed by atoms with Crippen LogP contribution in [0.5, 0.6) is 11.5 Å². The van der Waals surface area contributed by atoms with Gasteiger partial charge < -0.3 is 14.8 Å². The van der Waals surface area contributed by atoms with Crippen LogP contribution >= 0.6 is 0 Å². The van der Waals surface area contributed by atoms with Gasteiger partial charge >= 0.3 is 6.61 Å². The Morgan fingerprint density at radius 3 is 2.57 bits per heavy atom. The molecule has 0 aliphatic heterocycles. The molecule has 0 atom stereocenters. The molecule has 1 amide bonds. The number of methoxy groups -OCH3 is 1. The van der Waals surface area contributed by atoms with Gasteiger partial charge in [-0.1, -0.05) is 6.07 Å². The first kappa shape index (κ1) is 20.7. The average Bonchev–Trinajstić information content (AvgIpc) is 3.22. The van der Waals surface area contributed by atoms with Gasteiger partial charge in [-0.15, -0.1) is 0 Å². The molecular formula is C19H16F2N4O5. The molecule has 0 bridgehead atoms. The molecular weight excluding hydrogens is 402 g/mol. The first-order valence-electron chi connectivity index (χ1n) is 8.58. The second-order valence-electron chi connectivity index (χ2n) is 5.97. The van der Waals surface area contributed by atoms with Gasteiger partial charge in [0.2, 0.25) is 0 Å². The molecule has 0 fully saturated rings. The van der Waals surface area contributed by atoms with E-state index in [0.29, 0.717) is 11.3 Å². The Kier molecular flexibility index (Phi) is 6.20. The molecule has 30 heavy (non-hydrogen) atoms. The van der Waals surface area contributed by atoms with Crippen molar-refractivity contribution in [3.05, 3.63) is 76.1 Å². The number of alkyl halides is 2. The minimum Gasteiger partial charge on any atom is -0.493 e. The molecule has 0 aliphatic carbocycles. The monoisotopic (exact) mass is 418 g/mol. The number of hydrogen-bond acceptors (Lipinski definition) is 6. The Morgan fingerprint density at radius 2 is 1.93 bits per heavy atom. The summed E-state index contributed by atoms with van der Waals surface area (Å²) in [4.78, 5) is 22.5. The Bertz CT molecular complexity index is 1050. The van der Waals surface area contributed by atoms with Crippen LogP contribution in [0.2, 0.25) is 0 Å². The second kappa shape index (κ2) is 8.99. The number of nitrogens with zero attached hydrogens (tertiary/aromatic N) is 3. The number of nitro groups is 1.